The Bertz CT molecular complexity index is 395. The Hall–Kier alpha value is -0.900. The molecule has 0 aromatic heterocycles. The third kappa shape index (κ3) is 3.78. The van der Waals surface area contributed by atoms with Crippen LogP contribution in [0.4, 0.5) is 0 Å². The summed E-state index contributed by atoms with van der Waals surface area (Å²) in [5, 5.41) is 19.6. The average molecular weight is 266 g/mol. The van der Waals surface area contributed by atoms with Crippen molar-refractivity contribution in [3.63, 3.8) is 0 Å². The Morgan fingerprint density at radius 3 is 2.11 bits per heavy atom. The smallest absolute Gasteiger partial charge is 0.0623 e. The Morgan fingerprint density at radius 1 is 1.05 bits per heavy atom. The van der Waals surface area contributed by atoms with Gasteiger partial charge in [-0.15, -0.1) is 0 Å². The lowest BCUT2D eigenvalue weighted by Gasteiger charge is -2.35. The van der Waals surface area contributed by atoms with Crippen molar-refractivity contribution in [2.75, 3.05) is 20.3 Å². The molecule has 0 unspecified atom stereocenters. The summed E-state index contributed by atoms with van der Waals surface area (Å²) in [7, 11) is 1.69. The van der Waals surface area contributed by atoms with E-state index in [2.05, 4.69) is 0 Å². The monoisotopic (exact) mass is 266 g/mol. The van der Waals surface area contributed by atoms with Crippen LogP contribution in [-0.2, 0) is 10.2 Å². The van der Waals surface area contributed by atoms with Crippen molar-refractivity contribution in [2.45, 2.75) is 44.6 Å². The van der Waals surface area contributed by atoms with Gasteiger partial charge in [-0.25, -0.2) is 0 Å². The molecule has 2 N–H and O–H groups in total. The van der Waals surface area contributed by atoms with Gasteiger partial charge in [0.1, 0.15) is 0 Å². The quantitative estimate of drug-likeness (QED) is 0.797. The number of ether oxygens (including phenoxy) is 1. The van der Waals surface area contributed by atoms with Gasteiger partial charge in [-0.1, -0.05) is 24.3 Å². The first kappa shape index (κ1) is 16.2. The minimum Gasteiger partial charge on any atom is -0.395 e. The highest BCUT2D eigenvalue weighted by Crippen LogP contribution is 2.33. The molecule has 108 valence electrons. The van der Waals surface area contributed by atoms with Gasteiger partial charge in [0.05, 0.1) is 18.8 Å². The fourth-order valence-corrected chi connectivity index (χ4v) is 2.32. The van der Waals surface area contributed by atoms with Gasteiger partial charge in [0.2, 0.25) is 0 Å². The van der Waals surface area contributed by atoms with Crippen LogP contribution in [0.3, 0.4) is 0 Å². The second-order valence-electron chi connectivity index (χ2n) is 5.88. The van der Waals surface area contributed by atoms with Crippen molar-refractivity contribution in [2.24, 2.45) is 0 Å². The zero-order valence-corrected chi connectivity index (χ0v) is 12.4. The molecule has 0 saturated carbocycles. The van der Waals surface area contributed by atoms with Crippen LogP contribution in [0.25, 0.3) is 0 Å². The molecule has 0 fully saturated rings. The molecule has 1 aromatic rings. The fourth-order valence-electron chi connectivity index (χ4n) is 2.32. The number of aryl methyl sites for hydroxylation is 1. The largest absolute Gasteiger partial charge is 0.395 e. The molecule has 0 aliphatic carbocycles. The Balaban J connectivity index is 3.01. The van der Waals surface area contributed by atoms with E-state index in [0.29, 0.717) is 6.42 Å². The summed E-state index contributed by atoms with van der Waals surface area (Å²) < 4.78 is 5.42. The van der Waals surface area contributed by atoms with E-state index in [1.54, 1.807) is 7.11 Å². The first-order valence-corrected chi connectivity index (χ1v) is 6.74. The predicted octanol–water partition coefficient (Wildman–Crippen LogP) is 2.42. The number of rotatable bonds is 7. The molecule has 0 heterocycles. The van der Waals surface area contributed by atoms with Crippen molar-refractivity contribution in [3.05, 3.63) is 35.4 Å². The lowest BCUT2D eigenvalue weighted by Crippen LogP contribution is -2.38. The summed E-state index contributed by atoms with van der Waals surface area (Å²) in [5.41, 5.74) is 1.27. The zero-order valence-electron chi connectivity index (χ0n) is 12.4. The molecular weight excluding hydrogens is 240 g/mol. The number of hydrogen-bond acceptors (Lipinski definition) is 3. The van der Waals surface area contributed by atoms with Crippen LogP contribution in [-0.4, -0.2) is 36.1 Å². The number of hydrogen-bond donors (Lipinski definition) is 2. The van der Waals surface area contributed by atoms with Crippen molar-refractivity contribution >= 4 is 0 Å². The third-order valence-electron chi connectivity index (χ3n) is 4.08. The molecular formula is C16H26O3. The van der Waals surface area contributed by atoms with Crippen LogP contribution in [0.1, 0.15) is 37.8 Å². The van der Waals surface area contributed by atoms with E-state index in [1.807, 2.05) is 45.0 Å². The van der Waals surface area contributed by atoms with E-state index in [4.69, 9.17) is 4.74 Å². The van der Waals surface area contributed by atoms with E-state index in [1.165, 1.54) is 0 Å². The summed E-state index contributed by atoms with van der Waals surface area (Å²) in [6, 6.07) is 7.92. The molecule has 3 heteroatoms. The lowest BCUT2D eigenvalue weighted by molar-refractivity contribution is 0.000151. The van der Waals surface area contributed by atoms with Crippen molar-refractivity contribution < 1.29 is 14.9 Å². The van der Waals surface area contributed by atoms with E-state index in [9.17, 15) is 10.2 Å². The molecule has 3 nitrogen and oxygen atoms in total. The molecule has 1 aromatic carbocycles. The van der Waals surface area contributed by atoms with Crippen LogP contribution in [0.5, 0.6) is 0 Å². The minimum atomic E-state index is -0.596. The average Bonchev–Trinajstić information content (AvgIpc) is 2.42. The molecule has 0 radical (unpaired) electrons. The summed E-state index contributed by atoms with van der Waals surface area (Å²) >= 11 is 0. The SMILES string of the molecule is COC(C)(C)CCC(CO)(CO)c1ccccc1C. The summed E-state index contributed by atoms with van der Waals surface area (Å²) in [6.45, 7) is 5.92. The van der Waals surface area contributed by atoms with E-state index in [-0.39, 0.29) is 18.8 Å². The summed E-state index contributed by atoms with van der Waals surface area (Å²) in [4.78, 5) is 0. The highest BCUT2D eigenvalue weighted by molar-refractivity contribution is 5.34. The number of aliphatic hydroxyl groups excluding tert-OH is 2. The van der Waals surface area contributed by atoms with Crippen molar-refractivity contribution in [3.8, 4) is 0 Å². The topological polar surface area (TPSA) is 49.7 Å². The third-order valence-corrected chi connectivity index (χ3v) is 4.08. The lowest BCUT2D eigenvalue weighted by atomic mass is 9.74. The maximum atomic E-state index is 9.82. The molecule has 0 aliphatic heterocycles. The predicted molar refractivity (Wildman–Crippen MR) is 77.4 cm³/mol. The normalized spacial score (nSPS) is 12.7. The molecule has 0 spiro atoms. The van der Waals surface area contributed by atoms with Gasteiger partial charge in [0.25, 0.3) is 0 Å². The van der Waals surface area contributed by atoms with Crippen LogP contribution in [0, 0.1) is 6.92 Å². The van der Waals surface area contributed by atoms with E-state index in [0.717, 1.165) is 17.5 Å². The minimum absolute atomic E-state index is 0.0614. The molecule has 0 atom stereocenters. The fraction of sp³-hybridized carbons (Fsp3) is 0.625. The first-order valence-electron chi connectivity index (χ1n) is 6.74. The second-order valence-corrected chi connectivity index (χ2v) is 5.88. The second kappa shape index (κ2) is 6.51. The van der Waals surface area contributed by atoms with Crippen molar-refractivity contribution in [1.29, 1.82) is 0 Å². The molecule has 19 heavy (non-hydrogen) atoms. The van der Waals surface area contributed by atoms with Gasteiger partial charge in [0, 0.05) is 12.5 Å². The van der Waals surface area contributed by atoms with Crippen molar-refractivity contribution in [1.82, 2.24) is 0 Å². The van der Waals surface area contributed by atoms with Crippen LogP contribution >= 0.6 is 0 Å². The Labute approximate surface area is 116 Å². The molecule has 1 rings (SSSR count). The van der Waals surface area contributed by atoms with Gasteiger partial charge in [0.15, 0.2) is 0 Å². The van der Waals surface area contributed by atoms with Crippen LogP contribution in [0.15, 0.2) is 24.3 Å². The maximum Gasteiger partial charge on any atom is 0.0623 e. The Morgan fingerprint density at radius 2 is 1.63 bits per heavy atom. The number of aliphatic hydroxyl groups is 2. The van der Waals surface area contributed by atoms with E-state index >= 15 is 0 Å². The highest BCUT2D eigenvalue weighted by Gasteiger charge is 2.34. The number of methoxy groups -OCH3 is 1. The Kier molecular flexibility index (Phi) is 5.53. The van der Waals surface area contributed by atoms with Crippen LogP contribution in [0.2, 0.25) is 0 Å². The first-order chi connectivity index (χ1) is 8.90. The summed E-state index contributed by atoms with van der Waals surface area (Å²) in [5.74, 6) is 0. The van der Waals surface area contributed by atoms with E-state index < -0.39 is 5.41 Å². The molecule has 0 amide bonds. The zero-order chi connectivity index (χ0) is 14.5. The molecule has 0 bridgehead atoms. The molecule has 0 saturated heterocycles. The van der Waals surface area contributed by atoms with Gasteiger partial charge < -0.3 is 14.9 Å². The summed E-state index contributed by atoms with van der Waals surface area (Å²) in [6.07, 6.45) is 1.46. The van der Waals surface area contributed by atoms with Gasteiger partial charge in [-0.05, 0) is 44.7 Å². The van der Waals surface area contributed by atoms with Gasteiger partial charge >= 0.3 is 0 Å². The van der Waals surface area contributed by atoms with Gasteiger partial charge in [-0.2, -0.15) is 0 Å². The van der Waals surface area contributed by atoms with Crippen LogP contribution < -0.4 is 0 Å². The maximum absolute atomic E-state index is 9.82. The standard InChI is InChI=1S/C16H26O3/c1-13-7-5-6-8-14(13)16(11-17,12-18)10-9-15(2,3)19-4/h5-8,17-18H,9-12H2,1-4H3. The molecule has 0 aliphatic rings. The highest BCUT2D eigenvalue weighted by atomic mass is 16.5. The number of benzene rings is 1. The van der Waals surface area contributed by atoms with Gasteiger partial charge in [-0.3, -0.25) is 0 Å².